The number of rotatable bonds is 4. The van der Waals surface area contributed by atoms with Gasteiger partial charge < -0.3 is 14.8 Å². The lowest BCUT2D eigenvalue weighted by Crippen LogP contribution is -2.51. The molecule has 5 nitrogen and oxygen atoms in total. The Kier molecular flexibility index (Phi) is 3.74. The van der Waals surface area contributed by atoms with E-state index in [-0.39, 0.29) is 12.2 Å². The Morgan fingerprint density at radius 3 is 2.56 bits per heavy atom. The van der Waals surface area contributed by atoms with Gasteiger partial charge in [-0.2, -0.15) is 0 Å². The summed E-state index contributed by atoms with van der Waals surface area (Å²) >= 11 is 3.06. The van der Waals surface area contributed by atoms with Gasteiger partial charge in [-0.15, -0.1) is 0 Å². The third-order valence-corrected chi connectivity index (χ3v) is 2.79. The molecule has 0 aliphatic carbocycles. The number of furan rings is 1. The zero-order valence-corrected chi connectivity index (χ0v) is 10.5. The SMILES string of the molecule is CCC(C)(NC(=O)c1ccc(Br)o1)C(=O)O. The van der Waals surface area contributed by atoms with Gasteiger partial charge in [0.2, 0.25) is 0 Å². The second-order valence-corrected chi connectivity index (χ2v) is 4.33. The van der Waals surface area contributed by atoms with Crippen LogP contribution in [0.25, 0.3) is 0 Å². The average molecular weight is 290 g/mol. The van der Waals surface area contributed by atoms with E-state index in [0.717, 1.165) is 0 Å². The number of carbonyl (C=O) groups is 2. The van der Waals surface area contributed by atoms with Crippen LogP contribution in [0.3, 0.4) is 0 Å². The van der Waals surface area contributed by atoms with Crippen LogP contribution < -0.4 is 5.32 Å². The van der Waals surface area contributed by atoms with Crippen LogP contribution in [0.5, 0.6) is 0 Å². The van der Waals surface area contributed by atoms with Gasteiger partial charge in [0.25, 0.3) is 5.91 Å². The lowest BCUT2D eigenvalue weighted by Gasteiger charge is -2.23. The van der Waals surface area contributed by atoms with Gasteiger partial charge in [-0.1, -0.05) is 6.92 Å². The molecule has 0 radical (unpaired) electrons. The highest BCUT2D eigenvalue weighted by molar-refractivity contribution is 9.10. The predicted octanol–water partition coefficient (Wildman–Crippen LogP) is 2.03. The first-order chi connectivity index (χ1) is 7.39. The van der Waals surface area contributed by atoms with Gasteiger partial charge >= 0.3 is 5.97 Å². The zero-order chi connectivity index (χ0) is 12.3. The van der Waals surface area contributed by atoms with Crippen LogP contribution in [0, 0.1) is 0 Å². The Morgan fingerprint density at radius 1 is 1.56 bits per heavy atom. The van der Waals surface area contributed by atoms with Gasteiger partial charge in [0, 0.05) is 0 Å². The van der Waals surface area contributed by atoms with Crippen LogP contribution in [0.15, 0.2) is 21.2 Å². The quantitative estimate of drug-likeness (QED) is 0.889. The van der Waals surface area contributed by atoms with E-state index in [1.165, 1.54) is 13.0 Å². The number of carboxylic acids is 1. The van der Waals surface area contributed by atoms with Crippen molar-refractivity contribution in [2.75, 3.05) is 0 Å². The summed E-state index contributed by atoms with van der Waals surface area (Å²) in [5.41, 5.74) is -1.28. The van der Waals surface area contributed by atoms with Gasteiger partial charge in [-0.25, -0.2) is 4.79 Å². The number of aliphatic carboxylic acids is 1. The Labute approximate surface area is 101 Å². The summed E-state index contributed by atoms with van der Waals surface area (Å²) in [5.74, 6) is -1.54. The molecule has 0 aliphatic rings. The maximum atomic E-state index is 11.6. The summed E-state index contributed by atoms with van der Waals surface area (Å²) in [7, 11) is 0. The molecular weight excluding hydrogens is 278 g/mol. The minimum absolute atomic E-state index is 0.0767. The fourth-order valence-electron chi connectivity index (χ4n) is 1.04. The van der Waals surface area contributed by atoms with Crippen LogP contribution in [0.1, 0.15) is 30.8 Å². The van der Waals surface area contributed by atoms with Gasteiger partial charge in [0.05, 0.1) is 0 Å². The van der Waals surface area contributed by atoms with Crippen LogP contribution in [-0.2, 0) is 4.79 Å². The van der Waals surface area contributed by atoms with Crippen molar-refractivity contribution in [3.05, 3.63) is 22.6 Å². The predicted molar refractivity (Wildman–Crippen MR) is 60.2 cm³/mol. The smallest absolute Gasteiger partial charge is 0.329 e. The zero-order valence-electron chi connectivity index (χ0n) is 8.91. The summed E-state index contributed by atoms with van der Waals surface area (Å²) in [4.78, 5) is 22.6. The van der Waals surface area contributed by atoms with Crippen molar-refractivity contribution in [2.24, 2.45) is 0 Å². The largest absolute Gasteiger partial charge is 0.480 e. The van der Waals surface area contributed by atoms with E-state index in [0.29, 0.717) is 4.67 Å². The van der Waals surface area contributed by atoms with E-state index in [2.05, 4.69) is 21.2 Å². The molecule has 1 rings (SSSR count). The molecule has 16 heavy (non-hydrogen) atoms. The molecule has 6 heteroatoms. The van der Waals surface area contributed by atoms with Crippen molar-refractivity contribution < 1.29 is 19.1 Å². The van der Waals surface area contributed by atoms with Crippen molar-refractivity contribution in [1.82, 2.24) is 5.32 Å². The molecule has 0 bridgehead atoms. The first kappa shape index (κ1) is 12.8. The second-order valence-electron chi connectivity index (χ2n) is 3.55. The summed E-state index contributed by atoms with van der Waals surface area (Å²) in [6, 6.07) is 3.04. The molecule has 88 valence electrons. The van der Waals surface area contributed by atoms with Crippen molar-refractivity contribution in [3.63, 3.8) is 0 Å². The van der Waals surface area contributed by atoms with Gasteiger partial charge in [0.1, 0.15) is 5.54 Å². The molecule has 0 aliphatic heterocycles. The van der Waals surface area contributed by atoms with E-state index >= 15 is 0 Å². The summed E-state index contributed by atoms with van der Waals surface area (Å²) < 4.78 is 5.45. The molecule has 2 N–H and O–H groups in total. The summed E-state index contributed by atoms with van der Waals surface area (Å²) in [6.07, 6.45) is 0.288. The number of carboxylic acid groups (broad SMARTS) is 1. The second kappa shape index (κ2) is 4.69. The normalized spacial score (nSPS) is 14.2. The van der Waals surface area contributed by atoms with Gasteiger partial charge in [0.15, 0.2) is 10.4 Å². The molecule has 0 saturated heterocycles. The van der Waals surface area contributed by atoms with E-state index in [9.17, 15) is 9.59 Å². The minimum Gasteiger partial charge on any atom is -0.480 e. The Balaban J connectivity index is 2.81. The Morgan fingerprint density at radius 2 is 2.19 bits per heavy atom. The van der Waals surface area contributed by atoms with Crippen molar-refractivity contribution in [2.45, 2.75) is 25.8 Å². The lowest BCUT2D eigenvalue weighted by molar-refractivity contribution is -0.143. The number of hydrogen-bond donors (Lipinski definition) is 2. The molecule has 1 heterocycles. The summed E-state index contributed by atoms with van der Waals surface area (Å²) in [5, 5.41) is 11.4. The van der Waals surface area contributed by atoms with Crippen LogP contribution in [-0.4, -0.2) is 22.5 Å². The van der Waals surface area contributed by atoms with Crippen LogP contribution >= 0.6 is 15.9 Å². The van der Waals surface area contributed by atoms with Crippen LogP contribution in [0.4, 0.5) is 0 Å². The third kappa shape index (κ3) is 2.63. The first-order valence-corrected chi connectivity index (χ1v) is 5.49. The summed E-state index contributed by atoms with van der Waals surface area (Å²) in [6.45, 7) is 3.14. The molecular formula is C10H12BrNO4. The standard InChI is InChI=1S/C10H12BrNO4/c1-3-10(2,9(14)15)12-8(13)6-4-5-7(11)16-6/h4-5H,3H2,1-2H3,(H,12,13)(H,14,15). The highest BCUT2D eigenvalue weighted by atomic mass is 79.9. The molecule has 1 aromatic heterocycles. The van der Waals surface area contributed by atoms with Gasteiger partial charge in [-0.3, -0.25) is 4.79 Å². The molecule has 0 spiro atoms. The highest BCUT2D eigenvalue weighted by Crippen LogP contribution is 2.16. The number of carbonyl (C=O) groups excluding carboxylic acids is 1. The topological polar surface area (TPSA) is 79.5 Å². The minimum atomic E-state index is -1.28. The first-order valence-electron chi connectivity index (χ1n) is 4.70. The van der Waals surface area contributed by atoms with Gasteiger partial charge in [-0.05, 0) is 41.4 Å². The number of amides is 1. The van der Waals surface area contributed by atoms with E-state index in [1.54, 1.807) is 13.0 Å². The number of hydrogen-bond acceptors (Lipinski definition) is 3. The van der Waals surface area contributed by atoms with E-state index < -0.39 is 17.4 Å². The fourth-order valence-corrected chi connectivity index (χ4v) is 1.35. The Hall–Kier alpha value is -1.30. The number of nitrogens with one attached hydrogen (secondary N) is 1. The van der Waals surface area contributed by atoms with E-state index in [1.807, 2.05) is 0 Å². The van der Waals surface area contributed by atoms with E-state index in [4.69, 9.17) is 9.52 Å². The average Bonchev–Trinajstić information content (AvgIpc) is 2.64. The molecule has 0 saturated carbocycles. The molecule has 1 unspecified atom stereocenters. The van der Waals surface area contributed by atoms with Crippen molar-refractivity contribution >= 4 is 27.8 Å². The lowest BCUT2D eigenvalue weighted by atomic mass is 9.99. The third-order valence-electron chi connectivity index (χ3n) is 2.37. The molecule has 0 aromatic carbocycles. The monoisotopic (exact) mass is 289 g/mol. The van der Waals surface area contributed by atoms with Crippen molar-refractivity contribution in [1.29, 1.82) is 0 Å². The van der Waals surface area contributed by atoms with Crippen molar-refractivity contribution in [3.8, 4) is 0 Å². The molecule has 1 aromatic rings. The highest BCUT2D eigenvalue weighted by Gasteiger charge is 2.33. The molecule has 0 fully saturated rings. The van der Waals surface area contributed by atoms with Crippen LogP contribution in [0.2, 0.25) is 0 Å². The maximum Gasteiger partial charge on any atom is 0.329 e. The molecule has 1 amide bonds. The fraction of sp³-hybridized carbons (Fsp3) is 0.400. The number of halogens is 1. The molecule has 1 atom stereocenters. The maximum absolute atomic E-state index is 11.6. The Bertz CT molecular complexity index is 415.